The Morgan fingerprint density at radius 1 is 1.20 bits per heavy atom. The van der Waals surface area contributed by atoms with Crippen molar-refractivity contribution in [3.05, 3.63) is 29.3 Å². The molecule has 0 saturated carbocycles. The number of aryl methyl sites for hydroxylation is 2. The summed E-state index contributed by atoms with van der Waals surface area (Å²) in [6.07, 6.45) is 2.05. The molecule has 1 amide bonds. The lowest BCUT2D eigenvalue weighted by atomic mass is 10.0. The van der Waals surface area contributed by atoms with E-state index >= 15 is 0 Å². The van der Waals surface area contributed by atoms with Crippen LogP contribution in [-0.4, -0.2) is 42.3 Å². The lowest BCUT2D eigenvalue weighted by molar-refractivity contribution is -0.117. The molecule has 0 radical (unpaired) electrons. The smallest absolute Gasteiger partial charge is 0.247 e. The first-order valence-electron chi connectivity index (χ1n) is 8.78. The van der Waals surface area contributed by atoms with Gasteiger partial charge < -0.3 is 4.90 Å². The molecule has 0 N–H and O–H groups in total. The van der Waals surface area contributed by atoms with Crippen LogP contribution in [0.5, 0.6) is 0 Å². The minimum absolute atomic E-state index is 0.0528. The molecule has 2 aliphatic heterocycles. The number of sulfone groups is 1. The van der Waals surface area contributed by atoms with Gasteiger partial charge in [0.15, 0.2) is 15.0 Å². The summed E-state index contributed by atoms with van der Waals surface area (Å²) in [6.45, 7) is 5.98. The van der Waals surface area contributed by atoms with Gasteiger partial charge in [0.25, 0.3) is 0 Å². The number of anilines is 1. The van der Waals surface area contributed by atoms with Crippen molar-refractivity contribution in [1.82, 2.24) is 0 Å². The van der Waals surface area contributed by atoms with Crippen LogP contribution in [0.1, 0.15) is 38.3 Å². The highest BCUT2D eigenvalue weighted by Crippen LogP contribution is 2.43. The highest BCUT2D eigenvalue weighted by Gasteiger charge is 2.50. The van der Waals surface area contributed by atoms with Gasteiger partial charge in [0.2, 0.25) is 5.91 Å². The Labute approximate surface area is 153 Å². The van der Waals surface area contributed by atoms with E-state index in [2.05, 4.69) is 31.0 Å². The topological polar surface area (TPSA) is 66.8 Å². The van der Waals surface area contributed by atoms with E-state index in [0.717, 1.165) is 18.5 Å². The highest BCUT2D eigenvalue weighted by molar-refractivity contribution is 8.16. The van der Waals surface area contributed by atoms with Gasteiger partial charge in [-0.2, -0.15) is 4.99 Å². The van der Waals surface area contributed by atoms with Crippen molar-refractivity contribution in [2.45, 2.75) is 51.3 Å². The fourth-order valence-corrected chi connectivity index (χ4v) is 7.45. The van der Waals surface area contributed by atoms with Crippen LogP contribution in [0.4, 0.5) is 5.69 Å². The van der Waals surface area contributed by atoms with Gasteiger partial charge in [-0.25, -0.2) is 8.42 Å². The number of hydrogen-bond acceptors (Lipinski definition) is 4. The Balaban J connectivity index is 2.15. The average Bonchev–Trinajstić information content (AvgIpc) is 3.04. The van der Waals surface area contributed by atoms with Gasteiger partial charge >= 0.3 is 0 Å². The molecule has 25 heavy (non-hydrogen) atoms. The molecule has 0 aromatic heterocycles. The lowest BCUT2D eigenvalue weighted by Gasteiger charge is -2.29. The molecule has 2 fully saturated rings. The Kier molecular flexibility index (Phi) is 5.25. The number of para-hydroxylation sites is 1. The molecule has 2 unspecified atom stereocenters. The number of amides is 1. The summed E-state index contributed by atoms with van der Waals surface area (Å²) in [5.74, 6) is 0.126. The predicted octanol–water partition coefficient (Wildman–Crippen LogP) is 2.82. The van der Waals surface area contributed by atoms with E-state index in [1.165, 1.54) is 22.9 Å². The highest BCUT2D eigenvalue weighted by atomic mass is 32.2. The van der Waals surface area contributed by atoms with Crippen molar-refractivity contribution in [1.29, 1.82) is 0 Å². The summed E-state index contributed by atoms with van der Waals surface area (Å²) in [4.78, 5) is 18.3. The molecule has 3 rings (SSSR count). The molecule has 2 saturated heterocycles. The maximum Gasteiger partial charge on any atom is 0.247 e. The summed E-state index contributed by atoms with van der Waals surface area (Å²) in [6, 6.07) is 6.06. The average molecular weight is 381 g/mol. The number of carbonyl (C=O) groups is 1. The SMILES string of the molecule is CCC(=O)N=C1SC2CS(=O)(=O)CC2N1c1c(CC)cccc1CC. The van der Waals surface area contributed by atoms with Gasteiger partial charge in [-0.1, -0.05) is 50.7 Å². The number of benzene rings is 1. The molecule has 0 spiro atoms. The van der Waals surface area contributed by atoms with Crippen molar-refractivity contribution >= 4 is 38.4 Å². The van der Waals surface area contributed by atoms with E-state index in [4.69, 9.17) is 0 Å². The normalized spacial score (nSPS) is 26.2. The molecular formula is C18H24N2O3S2. The van der Waals surface area contributed by atoms with E-state index < -0.39 is 9.84 Å². The Morgan fingerprint density at radius 3 is 2.40 bits per heavy atom. The van der Waals surface area contributed by atoms with Gasteiger partial charge in [0.1, 0.15) is 0 Å². The molecule has 2 atom stereocenters. The third-order valence-corrected chi connectivity index (χ3v) is 8.00. The number of hydrogen-bond donors (Lipinski definition) is 0. The summed E-state index contributed by atoms with van der Waals surface area (Å²) in [5.41, 5.74) is 3.38. The standard InChI is InChI=1S/C18H24N2O3S2/c1-4-12-8-7-9-13(5-2)17(12)20-14-10-25(22,23)11-15(14)24-18(20)19-16(21)6-3/h7-9,14-15H,4-6,10-11H2,1-3H3. The zero-order chi connectivity index (χ0) is 18.2. The Morgan fingerprint density at radius 2 is 1.84 bits per heavy atom. The molecular weight excluding hydrogens is 356 g/mol. The van der Waals surface area contributed by atoms with E-state index in [1.807, 2.05) is 11.0 Å². The Hall–Kier alpha value is -1.34. The second-order valence-corrected chi connectivity index (χ2v) is 9.80. The van der Waals surface area contributed by atoms with Crippen LogP contribution in [0.25, 0.3) is 0 Å². The first-order chi connectivity index (χ1) is 11.9. The largest absolute Gasteiger partial charge is 0.315 e. The maximum atomic E-state index is 12.2. The van der Waals surface area contributed by atoms with Crippen molar-refractivity contribution in [2.75, 3.05) is 16.4 Å². The molecule has 136 valence electrons. The zero-order valence-corrected chi connectivity index (χ0v) is 16.5. The number of aliphatic imine (C=N–C) groups is 1. The number of nitrogens with zero attached hydrogens (tertiary/aromatic N) is 2. The zero-order valence-electron chi connectivity index (χ0n) is 14.9. The minimum Gasteiger partial charge on any atom is -0.315 e. The van der Waals surface area contributed by atoms with Crippen LogP contribution in [0, 0.1) is 0 Å². The lowest BCUT2D eigenvalue weighted by Crippen LogP contribution is -2.39. The van der Waals surface area contributed by atoms with Gasteiger partial charge in [0, 0.05) is 17.4 Å². The fourth-order valence-electron chi connectivity index (χ4n) is 3.54. The van der Waals surface area contributed by atoms with Crippen LogP contribution in [-0.2, 0) is 27.5 Å². The van der Waals surface area contributed by atoms with Gasteiger partial charge in [-0.3, -0.25) is 4.79 Å². The number of thioether (sulfide) groups is 1. The van der Waals surface area contributed by atoms with Crippen molar-refractivity contribution in [2.24, 2.45) is 4.99 Å². The second kappa shape index (κ2) is 7.11. The first kappa shape index (κ1) is 18.5. The van der Waals surface area contributed by atoms with E-state index in [-0.39, 0.29) is 28.7 Å². The Bertz CT molecular complexity index is 795. The molecule has 2 heterocycles. The number of fused-ring (bicyclic) bond motifs is 1. The molecule has 2 aliphatic rings. The van der Waals surface area contributed by atoms with Crippen LogP contribution in [0.2, 0.25) is 0 Å². The molecule has 1 aromatic rings. The van der Waals surface area contributed by atoms with Gasteiger partial charge in [-0.05, 0) is 24.0 Å². The molecule has 1 aromatic carbocycles. The fraction of sp³-hybridized carbons (Fsp3) is 0.556. The number of rotatable bonds is 4. The molecule has 7 heteroatoms. The third-order valence-electron chi connectivity index (χ3n) is 4.80. The van der Waals surface area contributed by atoms with Crippen LogP contribution in [0.15, 0.2) is 23.2 Å². The van der Waals surface area contributed by atoms with Crippen LogP contribution >= 0.6 is 11.8 Å². The van der Waals surface area contributed by atoms with E-state index in [0.29, 0.717) is 11.6 Å². The van der Waals surface area contributed by atoms with Gasteiger partial charge in [0.05, 0.1) is 17.5 Å². The third kappa shape index (κ3) is 3.49. The van der Waals surface area contributed by atoms with Crippen LogP contribution < -0.4 is 4.90 Å². The van der Waals surface area contributed by atoms with E-state index in [9.17, 15) is 13.2 Å². The predicted molar refractivity (Wildman–Crippen MR) is 104 cm³/mol. The van der Waals surface area contributed by atoms with E-state index in [1.54, 1.807) is 6.92 Å². The second-order valence-electron chi connectivity index (χ2n) is 6.44. The van der Waals surface area contributed by atoms with Crippen LogP contribution in [0.3, 0.4) is 0 Å². The summed E-state index contributed by atoms with van der Waals surface area (Å²) in [7, 11) is -3.05. The van der Waals surface area contributed by atoms with Crippen molar-refractivity contribution in [3.63, 3.8) is 0 Å². The molecule has 5 nitrogen and oxygen atoms in total. The molecule has 0 aliphatic carbocycles. The minimum atomic E-state index is -3.05. The summed E-state index contributed by atoms with van der Waals surface area (Å²) in [5, 5.41) is 0.607. The number of amidine groups is 1. The summed E-state index contributed by atoms with van der Waals surface area (Å²) >= 11 is 1.44. The van der Waals surface area contributed by atoms with Crippen molar-refractivity contribution < 1.29 is 13.2 Å². The van der Waals surface area contributed by atoms with Gasteiger partial charge in [-0.15, -0.1) is 0 Å². The molecule has 0 bridgehead atoms. The van der Waals surface area contributed by atoms with Crippen molar-refractivity contribution in [3.8, 4) is 0 Å². The quantitative estimate of drug-likeness (QED) is 0.803. The number of carbonyl (C=O) groups excluding carboxylic acids is 1. The summed E-state index contributed by atoms with van der Waals surface area (Å²) < 4.78 is 24.3. The monoisotopic (exact) mass is 380 g/mol. The first-order valence-corrected chi connectivity index (χ1v) is 11.5. The maximum absolute atomic E-state index is 12.2.